The van der Waals surface area contributed by atoms with Gasteiger partial charge in [0.15, 0.2) is 0 Å². The highest BCUT2D eigenvalue weighted by molar-refractivity contribution is 6.31. The molecule has 0 radical (unpaired) electrons. The van der Waals surface area contributed by atoms with Crippen molar-refractivity contribution in [2.45, 2.75) is 38.5 Å². The van der Waals surface area contributed by atoms with E-state index >= 15 is 0 Å². The Morgan fingerprint density at radius 2 is 2.12 bits per heavy atom. The molecule has 1 nitrogen and oxygen atoms in total. The van der Waals surface area contributed by atoms with Crippen LogP contribution < -0.4 is 0 Å². The third-order valence-corrected chi connectivity index (χ3v) is 3.77. The lowest BCUT2D eigenvalue weighted by Gasteiger charge is -2.13. The third-order valence-electron chi connectivity index (χ3n) is 3.41. The quantitative estimate of drug-likeness (QED) is 0.724. The van der Waals surface area contributed by atoms with Crippen LogP contribution in [0.15, 0.2) is 18.2 Å². The molecule has 1 aliphatic rings. The number of carbonyl (C=O) groups excluding carboxylic acids is 1. The summed E-state index contributed by atoms with van der Waals surface area (Å²) in [4.78, 5) is 11.9. The highest BCUT2D eigenvalue weighted by atomic mass is 35.5. The third kappa shape index (κ3) is 3.29. The van der Waals surface area contributed by atoms with Gasteiger partial charge in [-0.25, -0.2) is 4.39 Å². The van der Waals surface area contributed by atoms with Crippen molar-refractivity contribution < 1.29 is 9.18 Å². The first-order valence-electron chi connectivity index (χ1n) is 6.13. The normalized spacial score (nSPS) is 21.3. The highest BCUT2D eigenvalue weighted by Gasteiger charge is 2.21. The fraction of sp³-hybridized carbons (Fsp3) is 0.500. The van der Waals surface area contributed by atoms with Crippen molar-refractivity contribution in [1.82, 2.24) is 0 Å². The Morgan fingerprint density at radius 3 is 2.94 bits per heavy atom. The second-order valence-corrected chi connectivity index (χ2v) is 5.11. The van der Waals surface area contributed by atoms with Gasteiger partial charge in [-0.15, -0.1) is 0 Å². The molecule has 17 heavy (non-hydrogen) atoms. The molecule has 1 atom stereocenters. The zero-order valence-corrected chi connectivity index (χ0v) is 10.5. The largest absolute Gasteiger partial charge is 0.299 e. The minimum Gasteiger partial charge on any atom is -0.299 e. The molecule has 0 saturated heterocycles. The summed E-state index contributed by atoms with van der Waals surface area (Å²) >= 11 is 6.03. The fourth-order valence-corrected chi connectivity index (χ4v) is 2.61. The van der Waals surface area contributed by atoms with Crippen LogP contribution in [0.5, 0.6) is 0 Å². The van der Waals surface area contributed by atoms with Crippen LogP contribution in [0, 0.1) is 11.7 Å². The number of rotatable bonds is 2. The van der Waals surface area contributed by atoms with E-state index in [0.717, 1.165) is 31.2 Å². The molecule has 0 aliphatic heterocycles. The fourth-order valence-electron chi connectivity index (χ4n) is 2.41. The molecule has 0 aromatic heterocycles. The van der Waals surface area contributed by atoms with Crippen molar-refractivity contribution in [2.75, 3.05) is 0 Å². The molecule has 0 heterocycles. The van der Waals surface area contributed by atoms with Gasteiger partial charge < -0.3 is 0 Å². The summed E-state index contributed by atoms with van der Waals surface area (Å²) in [6.07, 6.45) is 5.35. The van der Waals surface area contributed by atoms with E-state index in [9.17, 15) is 9.18 Å². The van der Waals surface area contributed by atoms with Crippen molar-refractivity contribution in [3.63, 3.8) is 0 Å². The number of Topliss-reactive ketones (excluding diaryl/α,β-unsaturated/α-hetero) is 1. The number of carbonyl (C=O) groups is 1. The van der Waals surface area contributed by atoms with Crippen molar-refractivity contribution in [3.05, 3.63) is 34.6 Å². The molecular weight excluding hydrogens is 239 g/mol. The van der Waals surface area contributed by atoms with Gasteiger partial charge in [-0.3, -0.25) is 4.79 Å². The molecule has 1 aromatic rings. The lowest BCUT2D eigenvalue weighted by atomic mass is 9.91. The standard InChI is InChI=1S/C14H16ClFO/c15-13-7-6-12(16)9-11(13)8-10-4-2-1-3-5-14(10)17/h6-7,9-10H,1-5,8H2. The summed E-state index contributed by atoms with van der Waals surface area (Å²) in [6.45, 7) is 0. The lowest BCUT2D eigenvalue weighted by Crippen LogP contribution is -2.15. The summed E-state index contributed by atoms with van der Waals surface area (Å²) in [7, 11) is 0. The van der Waals surface area contributed by atoms with Crippen LogP contribution in [-0.2, 0) is 11.2 Å². The van der Waals surface area contributed by atoms with Crippen molar-refractivity contribution in [1.29, 1.82) is 0 Å². The number of ketones is 1. The van der Waals surface area contributed by atoms with E-state index in [0.29, 0.717) is 23.6 Å². The Hall–Kier alpha value is -0.890. The predicted molar refractivity (Wildman–Crippen MR) is 66.7 cm³/mol. The van der Waals surface area contributed by atoms with E-state index in [1.807, 2.05) is 0 Å². The van der Waals surface area contributed by atoms with Crippen LogP contribution in [0.25, 0.3) is 0 Å². The average Bonchev–Trinajstić information content (AvgIpc) is 2.50. The summed E-state index contributed by atoms with van der Waals surface area (Å²) in [5.41, 5.74) is 0.756. The minimum absolute atomic E-state index is 0.0248. The van der Waals surface area contributed by atoms with Gasteiger partial charge in [0.2, 0.25) is 0 Å². The number of hydrogen-bond acceptors (Lipinski definition) is 1. The van der Waals surface area contributed by atoms with Gasteiger partial charge in [0.25, 0.3) is 0 Å². The van der Waals surface area contributed by atoms with Gasteiger partial charge in [-0.05, 0) is 43.0 Å². The van der Waals surface area contributed by atoms with E-state index < -0.39 is 0 Å². The second kappa shape index (κ2) is 5.63. The Morgan fingerprint density at radius 1 is 1.29 bits per heavy atom. The van der Waals surface area contributed by atoms with Crippen LogP contribution in [0.2, 0.25) is 5.02 Å². The smallest absolute Gasteiger partial charge is 0.136 e. The molecule has 0 bridgehead atoms. The van der Waals surface area contributed by atoms with Gasteiger partial charge in [0.05, 0.1) is 0 Å². The van der Waals surface area contributed by atoms with Crippen LogP contribution in [0.3, 0.4) is 0 Å². The first-order valence-corrected chi connectivity index (χ1v) is 6.51. The lowest BCUT2D eigenvalue weighted by molar-refractivity contribution is -0.122. The average molecular weight is 255 g/mol. The Balaban J connectivity index is 2.13. The molecule has 3 heteroatoms. The van der Waals surface area contributed by atoms with E-state index in [1.165, 1.54) is 12.1 Å². The topological polar surface area (TPSA) is 17.1 Å². The predicted octanol–water partition coefficient (Wildman–Crippen LogP) is 4.17. The van der Waals surface area contributed by atoms with Gasteiger partial charge in [0.1, 0.15) is 11.6 Å². The van der Waals surface area contributed by atoms with Gasteiger partial charge in [0, 0.05) is 17.4 Å². The summed E-state index contributed by atoms with van der Waals surface area (Å²) in [6, 6.07) is 4.36. The maximum Gasteiger partial charge on any atom is 0.136 e. The highest BCUT2D eigenvalue weighted by Crippen LogP contribution is 2.27. The van der Waals surface area contributed by atoms with Crippen molar-refractivity contribution in [3.8, 4) is 0 Å². The minimum atomic E-state index is -0.287. The Labute approximate surface area is 106 Å². The number of benzene rings is 1. The first-order chi connectivity index (χ1) is 8.16. The summed E-state index contributed by atoms with van der Waals surface area (Å²) < 4.78 is 13.1. The summed E-state index contributed by atoms with van der Waals surface area (Å²) in [5.74, 6) is 0.0464. The monoisotopic (exact) mass is 254 g/mol. The molecule has 1 aliphatic carbocycles. The SMILES string of the molecule is O=C1CCCCCC1Cc1cc(F)ccc1Cl. The molecule has 1 saturated carbocycles. The molecule has 1 unspecified atom stereocenters. The maximum atomic E-state index is 13.1. The number of hydrogen-bond donors (Lipinski definition) is 0. The molecule has 0 N–H and O–H groups in total. The maximum absolute atomic E-state index is 13.1. The van der Waals surface area contributed by atoms with Crippen LogP contribution in [0.1, 0.15) is 37.7 Å². The van der Waals surface area contributed by atoms with Crippen molar-refractivity contribution in [2.24, 2.45) is 5.92 Å². The van der Waals surface area contributed by atoms with E-state index in [-0.39, 0.29) is 11.7 Å². The van der Waals surface area contributed by atoms with E-state index in [4.69, 9.17) is 11.6 Å². The molecular formula is C14H16ClFO. The summed E-state index contributed by atoms with van der Waals surface area (Å²) in [5, 5.41) is 0.559. The second-order valence-electron chi connectivity index (χ2n) is 4.70. The van der Waals surface area contributed by atoms with Gasteiger partial charge >= 0.3 is 0 Å². The van der Waals surface area contributed by atoms with E-state index in [1.54, 1.807) is 6.07 Å². The zero-order valence-electron chi connectivity index (χ0n) is 9.72. The van der Waals surface area contributed by atoms with Gasteiger partial charge in [-0.2, -0.15) is 0 Å². The van der Waals surface area contributed by atoms with Gasteiger partial charge in [-0.1, -0.05) is 24.4 Å². The van der Waals surface area contributed by atoms with Crippen LogP contribution in [0.4, 0.5) is 4.39 Å². The van der Waals surface area contributed by atoms with Crippen molar-refractivity contribution >= 4 is 17.4 Å². The van der Waals surface area contributed by atoms with E-state index in [2.05, 4.69) is 0 Å². The molecule has 1 fully saturated rings. The molecule has 0 spiro atoms. The zero-order chi connectivity index (χ0) is 12.3. The Kier molecular flexibility index (Phi) is 4.16. The number of halogens is 2. The Bertz CT molecular complexity index is 417. The molecule has 92 valence electrons. The first kappa shape index (κ1) is 12.6. The molecule has 2 rings (SSSR count). The molecule has 1 aromatic carbocycles. The van der Waals surface area contributed by atoms with Crippen LogP contribution >= 0.6 is 11.6 Å². The van der Waals surface area contributed by atoms with Crippen LogP contribution in [-0.4, -0.2) is 5.78 Å². The molecule has 0 amide bonds.